The summed E-state index contributed by atoms with van der Waals surface area (Å²) in [5.41, 5.74) is 1.76. The molecular weight excluding hydrogens is 254 g/mol. The van der Waals surface area contributed by atoms with Crippen LogP contribution in [0.1, 0.15) is 29.8 Å². The summed E-state index contributed by atoms with van der Waals surface area (Å²) in [5, 5.41) is 11.3. The third-order valence-corrected chi connectivity index (χ3v) is 3.16. The van der Waals surface area contributed by atoms with Crippen LogP contribution in [-0.2, 0) is 11.2 Å². The normalized spacial score (nSPS) is 12.9. The Kier molecular flexibility index (Phi) is 6.81. The molecule has 1 aromatic carbocycles. The standard InChI is InChI=1S/C16H23NO3/c1-4-15(20-3)12(2)11-13-5-7-14(8-6-13)16(19)17-9-10-18/h4-8,12,18H,9-11H2,1-3H3,(H,17,19)/b15-4-. The number of nitrogens with one attached hydrogen (secondary N) is 1. The van der Waals surface area contributed by atoms with E-state index in [9.17, 15) is 4.79 Å². The zero-order chi connectivity index (χ0) is 15.0. The molecule has 20 heavy (non-hydrogen) atoms. The zero-order valence-corrected chi connectivity index (χ0v) is 12.3. The predicted octanol–water partition coefficient (Wildman–Crippen LogP) is 2.14. The molecule has 1 rings (SSSR count). The van der Waals surface area contributed by atoms with E-state index in [1.54, 1.807) is 19.2 Å². The monoisotopic (exact) mass is 277 g/mol. The summed E-state index contributed by atoms with van der Waals surface area (Å²) in [5.74, 6) is 1.11. The lowest BCUT2D eigenvalue weighted by Crippen LogP contribution is -2.26. The molecule has 0 aliphatic rings. The van der Waals surface area contributed by atoms with Gasteiger partial charge in [0.2, 0.25) is 0 Å². The Hall–Kier alpha value is -1.81. The van der Waals surface area contributed by atoms with Crippen LogP contribution in [0.2, 0.25) is 0 Å². The fourth-order valence-electron chi connectivity index (χ4n) is 2.12. The quantitative estimate of drug-likeness (QED) is 0.751. The summed E-state index contributed by atoms with van der Waals surface area (Å²) < 4.78 is 5.31. The second-order valence-electron chi connectivity index (χ2n) is 4.68. The van der Waals surface area contributed by atoms with Gasteiger partial charge in [-0.15, -0.1) is 0 Å². The van der Waals surface area contributed by atoms with Crippen LogP contribution in [0.25, 0.3) is 0 Å². The molecular formula is C16H23NO3. The third-order valence-electron chi connectivity index (χ3n) is 3.16. The Balaban J connectivity index is 2.65. The molecule has 4 nitrogen and oxygen atoms in total. The third kappa shape index (κ3) is 4.70. The molecule has 0 aromatic heterocycles. The van der Waals surface area contributed by atoms with Gasteiger partial charge >= 0.3 is 0 Å². The van der Waals surface area contributed by atoms with Gasteiger partial charge in [-0.1, -0.05) is 19.1 Å². The summed E-state index contributed by atoms with van der Waals surface area (Å²) in [6.45, 7) is 4.30. The zero-order valence-electron chi connectivity index (χ0n) is 12.3. The lowest BCUT2D eigenvalue weighted by Gasteiger charge is -2.14. The SMILES string of the molecule is C/C=C(\OC)C(C)Cc1ccc(C(=O)NCCO)cc1. The molecule has 1 atom stereocenters. The molecule has 0 aliphatic heterocycles. The van der Waals surface area contributed by atoms with E-state index in [4.69, 9.17) is 9.84 Å². The molecule has 0 saturated carbocycles. The van der Waals surface area contributed by atoms with Crippen molar-refractivity contribution in [3.63, 3.8) is 0 Å². The smallest absolute Gasteiger partial charge is 0.251 e. The maximum Gasteiger partial charge on any atom is 0.251 e. The van der Waals surface area contributed by atoms with Gasteiger partial charge in [0.15, 0.2) is 0 Å². The Morgan fingerprint density at radius 2 is 2.05 bits per heavy atom. The molecule has 0 bridgehead atoms. The lowest BCUT2D eigenvalue weighted by molar-refractivity contribution is 0.0945. The molecule has 4 heteroatoms. The van der Waals surface area contributed by atoms with Crippen molar-refractivity contribution in [3.8, 4) is 0 Å². The van der Waals surface area contributed by atoms with Crippen molar-refractivity contribution in [1.29, 1.82) is 0 Å². The maximum atomic E-state index is 11.7. The Morgan fingerprint density at radius 3 is 2.55 bits per heavy atom. The highest BCUT2D eigenvalue weighted by molar-refractivity contribution is 5.94. The van der Waals surface area contributed by atoms with E-state index in [2.05, 4.69) is 12.2 Å². The number of allylic oxidation sites excluding steroid dienone is 2. The first-order chi connectivity index (χ1) is 9.62. The van der Waals surface area contributed by atoms with Crippen LogP contribution >= 0.6 is 0 Å². The first-order valence-corrected chi connectivity index (χ1v) is 6.80. The van der Waals surface area contributed by atoms with E-state index >= 15 is 0 Å². The van der Waals surface area contributed by atoms with Gasteiger partial charge in [-0.05, 0) is 37.1 Å². The number of carbonyl (C=O) groups excluding carboxylic acids is 1. The second kappa shape index (κ2) is 8.38. The number of amides is 1. The molecule has 0 spiro atoms. The van der Waals surface area contributed by atoms with Gasteiger partial charge in [-0.25, -0.2) is 0 Å². The summed E-state index contributed by atoms with van der Waals surface area (Å²) in [7, 11) is 1.68. The van der Waals surface area contributed by atoms with Crippen molar-refractivity contribution in [2.45, 2.75) is 20.3 Å². The van der Waals surface area contributed by atoms with Crippen LogP contribution in [0.5, 0.6) is 0 Å². The fraction of sp³-hybridized carbons (Fsp3) is 0.438. The first-order valence-electron chi connectivity index (χ1n) is 6.80. The lowest BCUT2D eigenvalue weighted by atomic mass is 9.98. The van der Waals surface area contributed by atoms with Crippen molar-refractivity contribution in [1.82, 2.24) is 5.32 Å². The molecule has 0 heterocycles. The van der Waals surface area contributed by atoms with Crippen molar-refractivity contribution in [2.75, 3.05) is 20.3 Å². The van der Waals surface area contributed by atoms with E-state index in [0.29, 0.717) is 11.5 Å². The maximum absolute atomic E-state index is 11.7. The highest BCUT2D eigenvalue weighted by Crippen LogP contribution is 2.17. The minimum Gasteiger partial charge on any atom is -0.501 e. The van der Waals surface area contributed by atoms with Crippen LogP contribution in [-0.4, -0.2) is 31.3 Å². The minimum absolute atomic E-state index is 0.0511. The van der Waals surface area contributed by atoms with Crippen molar-refractivity contribution in [2.24, 2.45) is 5.92 Å². The van der Waals surface area contributed by atoms with Gasteiger partial charge in [-0.2, -0.15) is 0 Å². The van der Waals surface area contributed by atoms with Gasteiger partial charge in [0.25, 0.3) is 5.91 Å². The molecule has 1 aromatic rings. The molecule has 0 aliphatic carbocycles. The van der Waals surface area contributed by atoms with E-state index in [1.165, 1.54) is 0 Å². The highest BCUT2D eigenvalue weighted by Gasteiger charge is 2.10. The van der Waals surface area contributed by atoms with Gasteiger partial charge in [0, 0.05) is 18.0 Å². The predicted molar refractivity (Wildman–Crippen MR) is 79.5 cm³/mol. The van der Waals surface area contributed by atoms with Crippen LogP contribution in [0, 0.1) is 5.92 Å². The largest absolute Gasteiger partial charge is 0.501 e. The van der Waals surface area contributed by atoms with Gasteiger partial charge in [0.05, 0.1) is 19.5 Å². The summed E-state index contributed by atoms with van der Waals surface area (Å²) >= 11 is 0. The van der Waals surface area contributed by atoms with Gasteiger partial charge in [-0.3, -0.25) is 4.79 Å². The van der Waals surface area contributed by atoms with Crippen molar-refractivity contribution < 1.29 is 14.6 Å². The van der Waals surface area contributed by atoms with Gasteiger partial charge < -0.3 is 15.2 Å². The van der Waals surface area contributed by atoms with E-state index in [0.717, 1.165) is 17.7 Å². The molecule has 0 radical (unpaired) electrons. The van der Waals surface area contributed by atoms with Crippen LogP contribution in [0.15, 0.2) is 36.1 Å². The number of hydrogen-bond donors (Lipinski definition) is 2. The Labute approximate surface area is 120 Å². The molecule has 110 valence electrons. The Bertz CT molecular complexity index is 451. The Morgan fingerprint density at radius 1 is 1.40 bits per heavy atom. The molecule has 1 unspecified atom stereocenters. The topological polar surface area (TPSA) is 58.6 Å². The van der Waals surface area contributed by atoms with E-state index in [-0.39, 0.29) is 19.1 Å². The average molecular weight is 277 g/mol. The second-order valence-corrected chi connectivity index (χ2v) is 4.68. The molecule has 1 amide bonds. The van der Waals surface area contributed by atoms with Crippen LogP contribution in [0.3, 0.4) is 0 Å². The van der Waals surface area contributed by atoms with Gasteiger partial charge in [0.1, 0.15) is 0 Å². The first kappa shape index (κ1) is 16.2. The van der Waals surface area contributed by atoms with E-state index < -0.39 is 0 Å². The number of carbonyl (C=O) groups is 1. The number of methoxy groups -OCH3 is 1. The number of hydrogen-bond acceptors (Lipinski definition) is 3. The number of ether oxygens (including phenoxy) is 1. The number of rotatable bonds is 7. The highest BCUT2D eigenvalue weighted by atomic mass is 16.5. The van der Waals surface area contributed by atoms with Crippen molar-refractivity contribution in [3.05, 3.63) is 47.2 Å². The van der Waals surface area contributed by atoms with E-state index in [1.807, 2.05) is 25.1 Å². The summed E-state index contributed by atoms with van der Waals surface area (Å²) in [4.78, 5) is 11.7. The average Bonchev–Trinajstić information content (AvgIpc) is 2.46. The molecule has 0 fully saturated rings. The molecule has 2 N–H and O–H groups in total. The molecule has 0 saturated heterocycles. The van der Waals surface area contributed by atoms with Crippen LogP contribution in [0.4, 0.5) is 0 Å². The number of benzene rings is 1. The number of aliphatic hydroxyl groups is 1. The fourth-order valence-corrected chi connectivity index (χ4v) is 2.12. The van der Waals surface area contributed by atoms with Crippen LogP contribution < -0.4 is 5.32 Å². The van der Waals surface area contributed by atoms with Crippen molar-refractivity contribution >= 4 is 5.91 Å². The minimum atomic E-state index is -0.162. The summed E-state index contributed by atoms with van der Waals surface area (Å²) in [6, 6.07) is 7.51. The number of aliphatic hydroxyl groups excluding tert-OH is 1. The summed E-state index contributed by atoms with van der Waals surface area (Å²) in [6.07, 6.45) is 2.84.